The molecule has 24 heavy (non-hydrogen) atoms. The second kappa shape index (κ2) is 10.3. The second-order valence-electron chi connectivity index (χ2n) is 5.89. The number of nitrogens with zero attached hydrogens (tertiary/aromatic N) is 2. The minimum Gasteiger partial charge on any atom is -0.356 e. The van der Waals surface area contributed by atoms with Crippen molar-refractivity contribution < 1.29 is 0 Å². The number of halogens is 1. The highest BCUT2D eigenvalue weighted by Crippen LogP contribution is 2.15. The summed E-state index contributed by atoms with van der Waals surface area (Å²) in [6.07, 6.45) is 0. The Morgan fingerprint density at radius 1 is 1.12 bits per heavy atom. The van der Waals surface area contributed by atoms with Gasteiger partial charge in [0.2, 0.25) is 0 Å². The third-order valence-corrected chi connectivity index (χ3v) is 3.79. The van der Waals surface area contributed by atoms with Crippen molar-refractivity contribution in [2.24, 2.45) is 4.99 Å². The first-order chi connectivity index (χ1) is 11.1. The number of aliphatic imine (C=N–C) groups is 1. The number of aromatic nitrogens is 1. The normalized spacial score (nSPS) is 12.2. The third kappa shape index (κ3) is 6.47. The Morgan fingerprint density at radius 2 is 1.88 bits per heavy atom. The Kier molecular flexibility index (Phi) is 8.74. The summed E-state index contributed by atoms with van der Waals surface area (Å²) in [6.45, 7) is 7.85. The van der Waals surface area contributed by atoms with Crippen LogP contribution in [0.4, 0.5) is 0 Å². The van der Waals surface area contributed by atoms with Gasteiger partial charge in [0.15, 0.2) is 5.96 Å². The molecule has 1 atom stereocenters. The number of hydrogen-bond donors (Lipinski definition) is 2. The maximum absolute atomic E-state index is 4.49. The number of benzene rings is 1. The zero-order chi connectivity index (χ0) is 16.7. The molecule has 0 amide bonds. The highest BCUT2D eigenvalue weighted by molar-refractivity contribution is 14.0. The van der Waals surface area contributed by atoms with Crippen molar-refractivity contribution in [3.63, 3.8) is 0 Å². The lowest BCUT2D eigenvalue weighted by Crippen LogP contribution is -2.38. The summed E-state index contributed by atoms with van der Waals surface area (Å²) < 4.78 is 0. The third-order valence-electron chi connectivity index (χ3n) is 3.79. The molecule has 0 spiro atoms. The summed E-state index contributed by atoms with van der Waals surface area (Å²) in [5.74, 6) is 1.22. The van der Waals surface area contributed by atoms with E-state index in [1.54, 1.807) is 7.05 Å². The Morgan fingerprint density at radius 3 is 2.54 bits per heavy atom. The first-order valence-electron chi connectivity index (χ1n) is 8.02. The summed E-state index contributed by atoms with van der Waals surface area (Å²) in [7, 11) is 1.79. The summed E-state index contributed by atoms with van der Waals surface area (Å²) in [5.41, 5.74) is 4.68. The molecule has 0 aliphatic rings. The molecule has 130 valence electrons. The molecule has 1 aromatic heterocycles. The van der Waals surface area contributed by atoms with Gasteiger partial charge < -0.3 is 10.6 Å². The fourth-order valence-corrected chi connectivity index (χ4v) is 2.44. The molecule has 1 unspecified atom stereocenters. The number of hydrogen-bond acceptors (Lipinski definition) is 2. The van der Waals surface area contributed by atoms with Crippen molar-refractivity contribution in [3.05, 3.63) is 65.0 Å². The van der Waals surface area contributed by atoms with Gasteiger partial charge >= 0.3 is 0 Å². The van der Waals surface area contributed by atoms with Gasteiger partial charge in [-0.2, -0.15) is 0 Å². The van der Waals surface area contributed by atoms with E-state index >= 15 is 0 Å². The molecular formula is C19H27IN4. The molecule has 0 aliphatic heterocycles. The molecule has 1 heterocycles. The van der Waals surface area contributed by atoms with Crippen LogP contribution in [0.3, 0.4) is 0 Å². The number of pyridine rings is 1. The number of nitrogens with one attached hydrogen (secondary N) is 2. The molecule has 5 heteroatoms. The lowest BCUT2D eigenvalue weighted by atomic mass is 9.99. The van der Waals surface area contributed by atoms with E-state index < -0.39 is 0 Å². The van der Waals surface area contributed by atoms with Crippen LogP contribution in [0.15, 0.2) is 47.5 Å². The van der Waals surface area contributed by atoms with Crippen molar-refractivity contribution in [1.29, 1.82) is 0 Å². The van der Waals surface area contributed by atoms with E-state index in [1.807, 2.05) is 25.1 Å². The quantitative estimate of drug-likeness (QED) is 0.425. The molecule has 2 rings (SSSR count). The summed E-state index contributed by atoms with van der Waals surface area (Å²) >= 11 is 0. The molecule has 0 saturated heterocycles. The van der Waals surface area contributed by atoms with E-state index in [0.717, 1.165) is 23.9 Å². The average Bonchev–Trinajstić information content (AvgIpc) is 2.55. The zero-order valence-corrected chi connectivity index (χ0v) is 17.2. The molecule has 0 bridgehead atoms. The van der Waals surface area contributed by atoms with Gasteiger partial charge in [0, 0.05) is 19.3 Å². The number of aryl methyl sites for hydroxylation is 2. The van der Waals surface area contributed by atoms with Gasteiger partial charge in [0.25, 0.3) is 0 Å². The zero-order valence-electron chi connectivity index (χ0n) is 14.8. The lowest BCUT2D eigenvalue weighted by molar-refractivity contribution is 0.696. The smallest absolute Gasteiger partial charge is 0.191 e. The first kappa shape index (κ1) is 20.4. The van der Waals surface area contributed by atoms with Gasteiger partial charge in [-0.15, -0.1) is 24.0 Å². The van der Waals surface area contributed by atoms with Crippen LogP contribution in [0, 0.1) is 13.8 Å². The van der Waals surface area contributed by atoms with Crippen LogP contribution in [-0.2, 0) is 6.54 Å². The van der Waals surface area contributed by atoms with E-state index in [0.29, 0.717) is 12.5 Å². The highest BCUT2D eigenvalue weighted by Gasteiger charge is 2.07. The van der Waals surface area contributed by atoms with Gasteiger partial charge in [-0.25, -0.2) is 0 Å². The lowest BCUT2D eigenvalue weighted by Gasteiger charge is -2.16. The molecule has 0 aliphatic carbocycles. The Hall–Kier alpha value is -1.63. The van der Waals surface area contributed by atoms with Crippen LogP contribution in [0.5, 0.6) is 0 Å². The van der Waals surface area contributed by atoms with Crippen LogP contribution >= 0.6 is 24.0 Å². The van der Waals surface area contributed by atoms with Crippen molar-refractivity contribution in [1.82, 2.24) is 15.6 Å². The van der Waals surface area contributed by atoms with Crippen molar-refractivity contribution in [3.8, 4) is 0 Å². The van der Waals surface area contributed by atoms with E-state index in [9.17, 15) is 0 Å². The van der Waals surface area contributed by atoms with Crippen LogP contribution in [0.1, 0.15) is 35.4 Å². The first-order valence-corrected chi connectivity index (χ1v) is 8.02. The van der Waals surface area contributed by atoms with Crippen LogP contribution in [0.2, 0.25) is 0 Å². The minimum absolute atomic E-state index is 0. The molecule has 2 N–H and O–H groups in total. The van der Waals surface area contributed by atoms with Crippen LogP contribution in [0.25, 0.3) is 0 Å². The fraction of sp³-hybridized carbons (Fsp3) is 0.368. The van der Waals surface area contributed by atoms with Gasteiger partial charge in [-0.3, -0.25) is 9.98 Å². The predicted molar refractivity (Wildman–Crippen MR) is 112 cm³/mol. The fourth-order valence-electron chi connectivity index (χ4n) is 2.44. The molecule has 1 aromatic carbocycles. The monoisotopic (exact) mass is 438 g/mol. The SMILES string of the molecule is CN=C(NCc1cccc(C)n1)NCC(C)c1cccc(C)c1.I. The van der Waals surface area contributed by atoms with E-state index in [1.165, 1.54) is 11.1 Å². The second-order valence-corrected chi connectivity index (χ2v) is 5.89. The number of rotatable bonds is 5. The average molecular weight is 438 g/mol. The Balaban J connectivity index is 0.00000288. The highest BCUT2D eigenvalue weighted by atomic mass is 127. The summed E-state index contributed by atoms with van der Waals surface area (Å²) in [4.78, 5) is 8.76. The summed E-state index contributed by atoms with van der Waals surface area (Å²) in [6, 6.07) is 14.7. The standard InChI is InChI=1S/C19H26N4.HI/c1-14-7-5-9-17(11-14)15(2)12-21-19(20-4)22-13-18-10-6-8-16(3)23-18;/h5-11,15H,12-13H2,1-4H3,(H2,20,21,22);1H. The van der Waals surface area contributed by atoms with Gasteiger partial charge in [0.05, 0.1) is 12.2 Å². The topological polar surface area (TPSA) is 49.3 Å². The maximum atomic E-state index is 4.49. The van der Waals surface area contributed by atoms with Gasteiger partial charge in [-0.05, 0) is 37.5 Å². The predicted octanol–water partition coefficient (Wildman–Crippen LogP) is 3.79. The molecule has 2 aromatic rings. The molecule has 0 radical (unpaired) electrons. The number of guanidine groups is 1. The van der Waals surface area contributed by atoms with Crippen LogP contribution < -0.4 is 10.6 Å². The minimum atomic E-state index is 0. The maximum Gasteiger partial charge on any atom is 0.191 e. The Bertz CT molecular complexity index is 670. The van der Waals surface area contributed by atoms with Crippen molar-refractivity contribution in [2.75, 3.05) is 13.6 Å². The van der Waals surface area contributed by atoms with Gasteiger partial charge in [-0.1, -0.05) is 42.8 Å². The van der Waals surface area contributed by atoms with E-state index in [-0.39, 0.29) is 24.0 Å². The molecule has 0 saturated carbocycles. The largest absolute Gasteiger partial charge is 0.356 e. The van der Waals surface area contributed by atoms with E-state index in [2.05, 4.69) is 58.7 Å². The van der Waals surface area contributed by atoms with E-state index in [4.69, 9.17) is 0 Å². The van der Waals surface area contributed by atoms with Crippen molar-refractivity contribution in [2.45, 2.75) is 33.2 Å². The molecular weight excluding hydrogens is 411 g/mol. The molecule has 0 fully saturated rings. The van der Waals surface area contributed by atoms with Gasteiger partial charge in [0.1, 0.15) is 0 Å². The van der Waals surface area contributed by atoms with Crippen molar-refractivity contribution >= 4 is 29.9 Å². The summed E-state index contributed by atoms with van der Waals surface area (Å²) in [5, 5.41) is 6.69. The van der Waals surface area contributed by atoms with Crippen LogP contribution in [-0.4, -0.2) is 24.5 Å². The molecule has 4 nitrogen and oxygen atoms in total. The Labute approximate surface area is 162 Å².